The monoisotopic (exact) mass is 188 g/mol. The van der Waals surface area contributed by atoms with Crippen LogP contribution < -0.4 is 11.5 Å². The zero-order valence-corrected chi connectivity index (χ0v) is 6.37. The van der Waals surface area contributed by atoms with Gasteiger partial charge in [-0.3, -0.25) is 0 Å². The minimum atomic E-state index is 0.562. The SMILES string of the molecule is NCBr.NCCCl. The van der Waals surface area contributed by atoms with E-state index >= 15 is 0 Å². The first-order chi connectivity index (χ1) is 3.33. The van der Waals surface area contributed by atoms with E-state index in [9.17, 15) is 0 Å². The van der Waals surface area contributed by atoms with Crippen LogP contribution in [0.4, 0.5) is 0 Å². The van der Waals surface area contributed by atoms with Gasteiger partial charge < -0.3 is 11.5 Å². The van der Waals surface area contributed by atoms with Crippen LogP contribution >= 0.6 is 27.5 Å². The summed E-state index contributed by atoms with van der Waals surface area (Å²) in [6.45, 7) is 0.585. The molecule has 0 aliphatic rings. The van der Waals surface area contributed by atoms with Crippen LogP contribution in [0.5, 0.6) is 0 Å². The Morgan fingerprint density at radius 2 is 1.57 bits per heavy atom. The smallest absolute Gasteiger partial charge is 0.0492 e. The minimum absolute atomic E-state index is 0.562. The van der Waals surface area contributed by atoms with Crippen molar-refractivity contribution in [1.82, 2.24) is 0 Å². The van der Waals surface area contributed by atoms with Crippen LogP contribution in [0, 0.1) is 0 Å². The molecule has 0 saturated heterocycles. The Hall–Kier alpha value is 0.690. The van der Waals surface area contributed by atoms with Crippen molar-refractivity contribution in [3.63, 3.8) is 0 Å². The third-order valence-electron chi connectivity index (χ3n) is 0.109. The Kier molecular flexibility index (Phi) is 24.2. The normalized spacial score (nSPS) is 6.86. The number of hydrogen-bond donors (Lipinski definition) is 2. The summed E-state index contributed by atoms with van der Waals surface area (Å²) >= 11 is 7.98. The lowest BCUT2D eigenvalue weighted by Gasteiger charge is -1.68. The molecule has 0 radical (unpaired) electrons. The first kappa shape index (κ1) is 10.6. The second-order valence-electron chi connectivity index (χ2n) is 0.632. The molecule has 0 saturated carbocycles. The Bertz CT molecular complexity index is 20.4. The fourth-order valence-corrected chi connectivity index (χ4v) is 0. The standard InChI is InChI=1S/C2H6ClN.CH4BrN/c3-1-2-4;2-1-3/h1-2,4H2;1,3H2. The van der Waals surface area contributed by atoms with Gasteiger partial charge in [0, 0.05) is 17.9 Å². The van der Waals surface area contributed by atoms with Gasteiger partial charge in [-0.15, -0.1) is 11.6 Å². The summed E-state index contributed by atoms with van der Waals surface area (Å²) in [6.07, 6.45) is 0. The van der Waals surface area contributed by atoms with Gasteiger partial charge in [-0.1, -0.05) is 15.9 Å². The fourth-order valence-electron chi connectivity index (χ4n) is 0. The molecule has 2 nitrogen and oxygen atoms in total. The van der Waals surface area contributed by atoms with Crippen LogP contribution in [-0.2, 0) is 0 Å². The van der Waals surface area contributed by atoms with E-state index in [4.69, 9.17) is 23.1 Å². The van der Waals surface area contributed by atoms with Gasteiger partial charge >= 0.3 is 0 Å². The highest BCUT2D eigenvalue weighted by atomic mass is 79.9. The summed E-state index contributed by atoms with van der Waals surface area (Å²) in [7, 11) is 0. The largest absolute Gasteiger partial charge is 0.329 e. The maximum atomic E-state index is 5.06. The molecule has 0 amide bonds. The van der Waals surface area contributed by atoms with Crippen molar-refractivity contribution in [3.05, 3.63) is 0 Å². The number of halogens is 2. The lowest BCUT2D eigenvalue weighted by molar-refractivity contribution is 1.14. The molecular weight excluding hydrogens is 179 g/mol. The Morgan fingerprint density at radius 1 is 1.43 bits per heavy atom. The van der Waals surface area contributed by atoms with Crippen molar-refractivity contribution in [2.45, 2.75) is 0 Å². The molecule has 0 aromatic rings. The average Bonchev–Trinajstić information content (AvgIpc) is 1.69. The predicted octanol–water partition coefficient (Wildman–Crippen LogP) is 0.481. The summed E-state index contributed by atoms with van der Waals surface area (Å²) in [5, 5.41) is 0. The third kappa shape index (κ3) is 51.5. The van der Waals surface area contributed by atoms with E-state index < -0.39 is 0 Å². The molecule has 0 rings (SSSR count). The molecule has 4 N–H and O–H groups in total. The molecule has 0 aromatic heterocycles. The molecule has 0 heterocycles. The summed E-state index contributed by atoms with van der Waals surface area (Å²) < 4.78 is 0. The molecule has 0 aromatic carbocycles. The van der Waals surface area contributed by atoms with E-state index in [-0.39, 0.29) is 0 Å². The highest BCUT2D eigenvalue weighted by Gasteiger charge is 1.58. The molecule has 0 unspecified atom stereocenters. The minimum Gasteiger partial charge on any atom is -0.329 e. The van der Waals surface area contributed by atoms with Gasteiger partial charge in [0.15, 0.2) is 0 Å². The molecule has 46 valence electrons. The van der Waals surface area contributed by atoms with E-state index in [0.717, 1.165) is 0 Å². The quantitative estimate of drug-likeness (QED) is 0.466. The van der Waals surface area contributed by atoms with Gasteiger partial charge in [0.25, 0.3) is 0 Å². The van der Waals surface area contributed by atoms with Crippen LogP contribution in [0.2, 0.25) is 0 Å². The maximum absolute atomic E-state index is 5.06. The van der Waals surface area contributed by atoms with Crippen LogP contribution in [-0.4, -0.2) is 17.9 Å². The van der Waals surface area contributed by atoms with Gasteiger partial charge in [0.2, 0.25) is 0 Å². The lowest BCUT2D eigenvalue weighted by Crippen LogP contribution is -1.97. The van der Waals surface area contributed by atoms with Gasteiger partial charge in [0.05, 0.1) is 0 Å². The number of hydrogen-bond acceptors (Lipinski definition) is 2. The zero-order valence-electron chi connectivity index (χ0n) is 4.03. The summed E-state index contributed by atoms with van der Waals surface area (Å²) in [5.41, 5.74) is 10.2. The summed E-state index contributed by atoms with van der Waals surface area (Å²) in [5.74, 6) is 0.569. The van der Waals surface area contributed by atoms with Crippen LogP contribution in [0.1, 0.15) is 0 Å². The van der Waals surface area contributed by atoms with E-state index in [1.807, 2.05) is 0 Å². The number of rotatable bonds is 1. The molecule has 7 heavy (non-hydrogen) atoms. The first-order valence-electron chi connectivity index (χ1n) is 1.85. The summed E-state index contributed by atoms with van der Waals surface area (Å²) in [6, 6.07) is 0. The topological polar surface area (TPSA) is 52.0 Å². The number of nitrogens with two attached hydrogens (primary N) is 2. The van der Waals surface area contributed by atoms with E-state index in [2.05, 4.69) is 15.9 Å². The Morgan fingerprint density at radius 3 is 1.57 bits per heavy atom. The van der Waals surface area contributed by atoms with Gasteiger partial charge in [-0.05, 0) is 0 Å². The maximum Gasteiger partial charge on any atom is 0.0492 e. The molecule has 0 bridgehead atoms. The zero-order chi connectivity index (χ0) is 6.12. The summed E-state index contributed by atoms with van der Waals surface area (Å²) in [4.78, 5) is 0. The lowest BCUT2D eigenvalue weighted by atomic mass is 10.8. The fraction of sp³-hybridized carbons (Fsp3) is 1.00. The van der Waals surface area contributed by atoms with E-state index in [1.54, 1.807) is 0 Å². The molecule has 4 heteroatoms. The van der Waals surface area contributed by atoms with Crippen molar-refractivity contribution in [2.75, 3.05) is 17.9 Å². The molecule has 0 aliphatic heterocycles. The second-order valence-corrected chi connectivity index (χ2v) is 1.66. The van der Waals surface area contributed by atoms with E-state index in [0.29, 0.717) is 17.9 Å². The van der Waals surface area contributed by atoms with E-state index in [1.165, 1.54) is 0 Å². The van der Waals surface area contributed by atoms with Gasteiger partial charge in [-0.25, -0.2) is 0 Å². The third-order valence-corrected chi connectivity index (χ3v) is 0.327. The average molecular weight is 189 g/mol. The van der Waals surface area contributed by atoms with Crippen LogP contribution in [0.3, 0.4) is 0 Å². The van der Waals surface area contributed by atoms with Crippen molar-refractivity contribution >= 4 is 27.5 Å². The predicted molar refractivity (Wildman–Crippen MR) is 37.8 cm³/mol. The van der Waals surface area contributed by atoms with Crippen molar-refractivity contribution in [2.24, 2.45) is 11.5 Å². The highest BCUT2D eigenvalue weighted by Crippen LogP contribution is 1.60. The van der Waals surface area contributed by atoms with Gasteiger partial charge in [0.1, 0.15) is 0 Å². The highest BCUT2D eigenvalue weighted by molar-refractivity contribution is 9.09. The molecule has 0 fully saturated rings. The molecular formula is C3H10BrClN2. The van der Waals surface area contributed by atoms with Crippen molar-refractivity contribution < 1.29 is 0 Å². The molecule has 0 atom stereocenters. The number of alkyl halides is 2. The van der Waals surface area contributed by atoms with Crippen molar-refractivity contribution in [1.29, 1.82) is 0 Å². The molecule has 0 spiro atoms. The van der Waals surface area contributed by atoms with Crippen LogP contribution in [0.25, 0.3) is 0 Å². The first-order valence-corrected chi connectivity index (χ1v) is 3.51. The Labute approximate surface area is 57.3 Å². The van der Waals surface area contributed by atoms with Gasteiger partial charge in [-0.2, -0.15) is 0 Å². The second kappa shape index (κ2) is 15.9. The van der Waals surface area contributed by atoms with Crippen LogP contribution in [0.15, 0.2) is 0 Å². The van der Waals surface area contributed by atoms with Crippen molar-refractivity contribution in [3.8, 4) is 0 Å². The molecule has 0 aliphatic carbocycles. The Balaban J connectivity index is 0.